The molecule has 0 atom stereocenters. The van der Waals surface area contributed by atoms with Crippen LogP contribution < -0.4 is 10.5 Å². The fourth-order valence-corrected chi connectivity index (χ4v) is 2.41. The van der Waals surface area contributed by atoms with Gasteiger partial charge in [-0.3, -0.25) is 0 Å². The molecule has 1 aromatic carbocycles. The molecular formula is C14H17N3O. The topological polar surface area (TPSA) is 63.9 Å². The van der Waals surface area contributed by atoms with E-state index in [1.807, 2.05) is 13.0 Å². The van der Waals surface area contributed by atoms with Gasteiger partial charge in [0.15, 0.2) is 0 Å². The zero-order chi connectivity index (χ0) is 12.5. The number of benzene rings is 1. The number of ether oxygens (including phenoxy) is 1. The van der Waals surface area contributed by atoms with E-state index in [-0.39, 0.29) is 0 Å². The van der Waals surface area contributed by atoms with Crippen LogP contribution in [0.2, 0.25) is 0 Å². The Balaban J connectivity index is 2.03. The molecule has 4 heteroatoms. The molecule has 0 saturated carbocycles. The third-order valence-corrected chi connectivity index (χ3v) is 3.31. The lowest BCUT2D eigenvalue weighted by Gasteiger charge is -2.17. The van der Waals surface area contributed by atoms with Gasteiger partial charge in [0.05, 0.1) is 18.8 Å². The average Bonchev–Trinajstić information content (AvgIpc) is 2.79. The largest absolute Gasteiger partial charge is 0.493 e. The van der Waals surface area contributed by atoms with Crippen molar-refractivity contribution in [3.8, 4) is 17.0 Å². The van der Waals surface area contributed by atoms with Gasteiger partial charge in [0.1, 0.15) is 11.6 Å². The second-order valence-corrected chi connectivity index (χ2v) is 4.64. The summed E-state index contributed by atoms with van der Waals surface area (Å²) in [5, 5.41) is 0. The van der Waals surface area contributed by atoms with Crippen LogP contribution in [0, 0.1) is 6.92 Å². The molecule has 1 aliphatic heterocycles. The highest BCUT2D eigenvalue weighted by Gasteiger charge is 2.14. The number of aryl methyl sites for hydroxylation is 2. The quantitative estimate of drug-likeness (QED) is 0.849. The Morgan fingerprint density at radius 1 is 1.44 bits per heavy atom. The Kier molecular flexibility index (Phi) is 2.80. The maximum Gasteiger partial charge on any atom is 0.122 e. The molecule has 0 amide bonds. The maximum atomic E-state index is 5.62. The molecule has 1 aromatic heterocycles. The van der Waals surface area contributed by atoms with Crippen LogP contribution in [-0.4, -0.2) is 16.6 Å². The van der Waals surface area contributed by atoms with Gasteiger partial charge in [0, 0.05) is 11.3 Å². The molecule has 0 radical (unpaired) electrons. The number of aromatic nitrogens is 2. The number of rotatable bonds is 2. The average molecular weight is 243 g/mol. The Morgan fingerprint density at radius 3 is 3.11 bits per heavy atom. The number of nitrogens with two attached hydrogens (primary N) is 1. The molecule has 94 valence electrons. The summed E-state index contributed by atoms with van der Waals surface area (Å²) in [4.78, 5) is 7.73. The van der Waals surface area contributed by atoms with Gasteiger partial charge in [-0.15, -0.1) is 0 Å². The number of nitrogens with one attached hydrogen (secondary N) is 1. The van der Waals surface area contributed by atoms with E-state index in [0.717, 1.165) is 48.0 Å². The minimum atomic E-state index is 0.439. The third kappa shape index (κ3) is 1.88. The Hall–Kier alpha value is -1.81. The van der Waals surface area contributed by atoms with Crippen LogP contribution >= 0.6 is 0 Å². The normalized spacial score (nSPS) is 14.1. The van der Waals surface area contributed by atoms with Crippen molar-refractivity contribution in [2.75, 3.05) is 6.61 Å². The number of imidazole rings is 1. The van der Waals surface area contributed by atoms with Crippen LogP contribution in [0.3, 0.4) is 0 Å². The first kappa shape index (κ1) is 11.3. The lowest BCUT2D eigenvalue weighted by Crippen LogP contribution is -2.08. The number of hydrogen-bond donors (Lipinski definition) is 2. The number of H-pyrrole nitrogens is 1. The van der Waals surface area contributed by atoms with Gasteiger partial charge < -0.3 is 15.5 Å². The first-order chi connectivity index (χ1) is 8.78. The van der Waals surface area contributed by atoms with Crippen molar-refractivity contribution in [2.24, 2.45) is 5.73 Å². The highest BCUT2D eigenvalue weighted by Crippen LogP contribution is 2.30. The number of aromatic amines is 1. The molecule has 2 aromatic rings. The van der Waals surface area contributed by atoms with E-state index in [1.165, 1.54) is 5.56 Å². The summed E-state index contributed by atoms with van der Waals surface area (Å²) < 4.78 is 5.62. The van der Waals surface area contributed by atoms with E-state index in [4.69, 9.17) is 10.5 Å². The van der Waals surface area contributed by atoms with Crippen LogP contribution in [0.15, 0.2) is 18.2 Å². The van der Waals surface area contributed by atoms with Crippen molar-refractivity contribution in [3.05, 3.63) is 35.3 Å². The van der Waals surface area contributed by atoms with Crippen molar-refractivity contribution < 1.29 is 4.74 Å². The van der Waals surface area contributed by atoms with Crippen molar-refractivity contribution in [1.82, 2.24) is 9.97 Å². The summed E-state index contributed by atoms with van der Waals surface area (Å²) in [7, 11) is 0. The molecule has 2 heterocycles. The second-order valence-electron chi connectivity index (χ2n) is 4.64. The predicted molar refractivity (Wildman–Crippen MR) is 70.5 cm³/mol. The molecule has 0 unspecified atom stereocenters. The lowest BCUT2D eigenvalue weighted by molar-refractivity contribution is 0.288. The number of hydrogen-bond acceptors (Lipinski definition) is 3. The fourth-order valence-electron chi connectivity index (χ4n) is 2.41. The van der Waals surface area contributed by atoms with Crippen molar-refractivity contribution in [1.29, 1.82) is 0 Å². The van der Waals surface area contributed by atoms with E-state index < -0.39 is 0 Å². The first-order valence-electron chi connectivity index (χ1n) is 6.29. The van der Waals surface area contributed by atoms with Crippen molar-refractivity contribution in [2.45, 2.75) is 26.3 Å². The monoisotopic (exact) mass is 243 g/mol. The van der Waals surface area contributed by atoms with Gasteiger partial charge in [-0.1, -0.05) is 0 Å². The van der Waals surface area contributed by atoms with Gasteiger partial charge in [0.2, 0.25) is 0 Å². The van der Waals surface area contributed by atoms with Gasteiger partial charge >= 0.3 is 0 Å². The summed E-state index contributed by atoms with van der Waals surface area (Å²) in [5.41, 5.74) is 10.1. The molecule has 0 aliphatic carbocycles. The fraction of sp³-hybridized carbons (Fsp3) is 0.357. The highest BCUT2D eigenvalue weighted by molar-refractivity contribution is 5.64. The highest BCUT2D eigenvalue weighted by atomic mass is 16.5. The smallest absolute Gasteiger partial charge is 0.122 e. The number of nitrogens with zero attached hydrogens (tertiary/aromatic N) is 1. The molecule has 0 fully saturated rings. The SMILES string of the molecule is Cc1[nH]c(CN)nc1-c1ccc2c(c1)CCCO2. The van der Waals surface area contributed by atoms with E-state index in [1.54, 1.807) is 0 Å². The van der Waals surface area contributed by atoms with E-state index in [9.17, 15) is 0 Å². The first-order valence-corrected chi connectivity index (χ1v) is 6.29. The summed E-state index contributed by atoms with van der Waals surface area (Å²) in [5.74, 6) is 1.84. The molecule has 1 aliphatic rings. The van der Waals surface area contributed by atoms with Crippen LogP contribution in [0.1, 0.15) is 23.5 Å². The Bertz CT molecular complexity index is 574. The van der Waals surface area contributed by atoms with E-state index in [2.05, 4.69) is 22.1 Å². The van der Waals surface area contributed by atoms with Gasteiger partial charge in [0.25, 0.3) is 0 Å². The van der Waals surface area contributed by atoms with E-state index >= 15 is 0 Å². The Labute approximate surface area is 106 Å². The van der Waals surface area contributed by atoms with Crippen LogP contribution in [0.4, 0.5) is 0 Å². The van der Waals surface area contributed by atoms with Gasteiger partial charge in [-0.2, -0.15) is 0 Å². The molecule has 0 spiro atoms. The molecule has 3 N–H and O–H groups in total. The van der Waals surface area contributed by atoms with Crippen LogP contribution in [0.5, 0.6) is 5.75 Å². The molecule has 18 heavy (non-hydrogen) atoms. The predicted octanol–water partition coefficient (Wildman–Crippen LogP) is 2.17. The van der Waals surface area contributed by atoms with Crippen LogP contribution in [0.25, 0.3) is 11.3 Å². The molecule has 4 nitrogen and oxygen atoms in total. The molecule has 3 rings (SSSR count). The lowest BCUT2D eigenvalue weighted by atomic mass is 10.0. The van der Waals surface area contributed by atoms with Gasteiger partial charge in [-0.25, -0.2) is 4.98 Å². The summed E-state index contributed by atoms with van der Waals surface area (Å²) in [6, 6.07) is 6.28. The zero-order valence-electron chi connectivity index (χ0n) is 10.5. The van der Waals surface area contributed by atoms with E-state index in [0.29, 0.717) is 6.54 Å². The van der Waals surface area contributed by atoms with Crippen molar-refractivity contribution >= 4 is 0 Å². The standard InChI is InChI=1S/C14H17N3O/c1-9-14(17-13(8-15)16-9)11-4-5-12-10(7-11)3-2-6-18-12/h4-5,7H,2-3,6,8,15H2,1H3,(H,16,17). The third-order valence-electron chi connectivity index (χ3n) is 3.31. The molecule has 0 saturated heterocycles. The van der Waals surface area contributed by atoms with Gasteiger partial charge in [-0.05, 0) is 43.5 Å². The molecular weight excluding hydrogens is 226 g/mol. The zero-order valence-corrected chi connectivity index (χ0v) is 10.5. The summed E-state index contributed by atoms with van der Waals surface area (Å²) in [6.45, 7) is 3.29. The van der Waals surface area contributed by atoms with Crippen LogP contribution in [-0.2, 0) is 13.0 Å². The minimum absolute atomic E-state index is 0.439. The maximum absolute atomic E-state index is 5.62. The molecule has 0 bridgehead atoms. The summed E-state index contributed by atoms with van der Waals surface area (Å²) in [6.07, 6.45) is 2.17. The van der Waals surface area contributed by atoms with Crippen molar-refractivity contribution in [3.63, 3.8) is 0 Å². The summed E-state index contributed by atoms with van der Waals surface area (Å²) >= 11 is 0. The Morgan fingerprint density at radius 2 is 2.33 bits per heavy atom. The minimum Gasteiger partial charge on any atom is -0.493 e. The second kappa shape index (κ2) is 4.46. The number of fused-ring (bicyclic) bond motifs is 1.